The molecule has 0 aromatic carbocycles. The van der Waals surface area contributed by atoms with Gasteiger partial charge in [0.25, 0.3) is 5.56 Å². The van der Waals surface area contributed by atoms with Gasteiger partial charge in [-0.2, -0.15) is 5.10 Å². The van der Waals surface area contributed by atoms with Crippen LogP contribution >= 0.6 is 0 Å². The summed E-state index contributed by atoms with van der Waals surface area (Å²) in [7, 11) is 1.87. The van der Waals surface area contributed by atoms with Crippen molar-refractivity contribution >= 4 is 0 Å². The van der Waals surface area contributed by atoms with Crippen molar-refractivity contribution in [1.29, 1.82) is 0 Å². The number of hydrogen-bond donors (Lipinski definition) is 1. The highest BCUT2D eigenvalue weighted by Gasteiger charge is 2.17. The maximum atomic E-state index is 12.1. The average molecular weight is 244 g/mol. The number of H-pyrrole nitrogens is 1. The molecule has 0 amide bonds. The molecule has 0 aliphatic heterocycles. The van der Waals surface area contributed by atoms with Crippen LogP contribution in [0, 0.1) is 6.92 Å². The number of aryl methyl sites for hydroxylation is 3. The minimum atomic E-state index is 0.0120. The van der Waals surface area contributed by atoms with Crippen LogP contribution in [0.4, 0.5) is 0 Å². The molecule has 5 heteroatoms. The van der Waals surface area contributed by atoms with Crippen molar-refractivity contribution in [3.8, 4) is 11.4 Å². The Morgan fingerprint density at radius 3 is 2.83 bits per heavy atom. The quantitative estimate of drug-likeness (QED) is 0.823. The van der Waals surface area contributed by atoms with E-state index in [1.54, 1.807) is 4.68 Å². The lowest BCUT2D eigenvalue weighted by molar-refractivity contribution is 0.657. The standard InChI is InChI=1S/C13H16N4O/c1-8-10(7-17(2)16-8)12-14-11-6-4-3-5-9(11)13(18)15-12/h7H,3-6H2,1-2H3,(H,14,15,18). The number of nitrogens with zero attached hydrogens (tertiary/aromatic N) is 3. The Balaban J connectivity index is 2.17. The van der Waals surface area contributed by atoms with E-state index >= 15 is 0 Å². The topological polar surface area (TPSA) is 63.6 Å². The Morgan fingerprint density at radius 1 is 1.33 bits per heavy atom. The third-order valence-electron chi connectivity index (χ3n) is 3.46. The van der Waals surface area contributed by atoms with Gasteiger partial charge in [0, 0.05) is 18.8 Å². The Morgan fingerprint density at radius 2 is 2.11 bits per heavy atom. The first kappa shape index (κ1) is 11.2. The second-order valence-electron chi connectivity index (χ2n) is 4.85. The summed E-state index contributed by atoms with van der Waals surface area (Å²) in [6.45, 7) is 1.93. The van der Waals surface area contributed by atoms with E-state index in [4.69, 9.17) is 0 Å². The minimum absolute atomic E-state index is 0.0120. The van der Waals surface area contributed by atoms with Crippen molar-refractivity contribution in [2.24, 2.45) is 7.05 Å². The van der Waals surface area contributed by atoms with Crippen LogP contribution < -0.4 is 5.56 Å². The van der Waals surface area contributed by atoms with E-state index in [0.29, 0.717) is 5.82 Å². The number of nitrogens with one attached hydrogen (secondary N) is 1. The van der Waals surface area contributed by atoms with Gasteiger partial charge in [0.05, 0.1) is 17.0 Å². The largest absolute Gasteiger partial charge is 0.306 e. The number of aromatic amines is 1. The highest BCUT2D eigenvalue weighted by atomic mass is 16.1. The molecule has 2 aromatic rings. The third-order valence-corrected chi connectivity index (χ3v) is 3.46. The third kappa shape index (κ3) is 1.75. The molecule has 2 aromatic heterocycles. The zero-order chi connectivity index (χ0) is 12.7. The maximum Gasteiger partial charge on any atom is 0.254 e. The first-order valence-electron chi connectivity index (χ1n) is 6.28. The van der Waals surface area contributed by atoms with Gasteiger partial charge in [0.15, 0.2) is 0 Å². The highest BCUT2D eigenvalue weighted by molar-refractivity contribution is 5.57. The van der Waals surface area contributed by atoms with Gasteiger partial charge in [-0.1, -0.05) is 0 Å². The zero-order valence-corrected chi connectivity index (χ0v) is 10.7. The van der Waals surface area contributed by atoms with Crippen molar-refractivity contribution in [3.05, 3.63) is 33.5 Å². The van der Waals surface area contributed by atoms with Crippen LogP contribution in [0.3, 0.4) is 0 Å². The van der Waals surface area contributed by atoms with E-state index in [-0.39, 0.29) is 5.56 Å². The fourth-order valence-electron chi connectivity index (χ4n) is 2.56. The molecule has 1 N–H and O–H groups in total. The van der Waals surface area contributed by atoms with Crippen molar-refractivity contribution in [2.75, 3.05) is 0 Å². The summed E-state index contributed by atoms with van der Waals surface area (Å²) in [5.41, 5.74) is 3.63. The van der Waals surface area contributed by atoms with Crippen LogP contribution in [0.5, 0.6) is 0 Å². The van der Waals surface area contributed by atoms with Crippen LogP contribution in [0.1, 0.15) is 29.8 Å². The van der Waals surface area contributed by atoms with Crippen molar-refractivity contribution < 1.29 is 0 Å². The fraction of sp³-hybridized carbons (Fsp3) is 0.462. The SMILES string of the molecule is Cc1nn(C)cc1-c1nc2c(c(=O)[nH]1)CCCC2. The van der Waals surface area contributed by atoms with Gasteiger partial charge >= 0.3 is 0 Å². The molecule has 0 atom stereocenters. The first-order chi connectivity index (χ1) is 8.65. The second kappa shape index (κ2) is 4.08. The molecule has 94 valence electrons. The van der Waals surface area contributed by atoms with Gasteiger partial charge in [-0.25, -0.2) is 4.98 Å². The summed E-state index contributed by atoms with van der Waals surface area (Å²) in [5.74, 6) is 0.645. The van der Waals surface area contributed by atoms with Gasteiger partial charge in [-0.3, -0.25) is 9.48 Å². The molecule has 18 heavy (non-hydrogen) atoms. The lowest BCUT2D eigenvalue weighted by Gasteiger charge is -2.14. The van der Waals surface area contributed by atoms with Gasteiger partial charge in [0.1, 0.15) is 5.82 Å². The molecule has 0 unspecified atom stereocenters. The predicted octanol–water partition coefficient (Wildman–Crippen LogP) is 1.36. The smallest absolute Gasteiger partial charge is 0.254 e. The van der Waals surface area contributed by atoms with Gasteiger partial charge in [0.2, 0.25) is 0 Å². The minimum Gasteiger partial charge on any atom is -0.306 e. The summed E-state index contributed by atoms with van der Waals surface area (Å²) in [6, 6.07) is 0. The number of aromatic nitrogens is 4. The molecule has 3 rings (SSSR count). The molecule has 0 spiro atoms. The van der Waals surface area contributed by atoms with Crippen LogP contribution in [0.25, 0.3) is 11.4 Å². The summed E-state index contributed by atoms with van der Waals surface area (Å²) in [6.07, 6.45) is 5.86. The molecule has 1 aliphatic carbocycles. The molecule has 0 radical (unpaired) electrons. The Bertz CT molecular complexity index is 653. The van der Waals surface area contributed by atoms with E-state index in [1.165, 1.54) is 0 Å². The summed E-state index contributed by atoms with van der Waals surface area (Å²) in [4.78, 5) is 19.5. The van der Waals surface area contributed by atoms with Crippen LogP contribution in [0.2, 0.25) is 0 Å². The van der Waals surface area contributed by atoms with E-state index in [2.05, 4.69) is 15.1 Å². The molecule has 0 bridgehead atoms. The van der Waals surface area contributed by atoms with Crippen molar-refractivity contribution in [2.45, 2.75) is 32.6 Å². The van der Waals surface area contributed by atoms with E-state index < -0.39 is 0 Å². The molecule has 1 aliphatic rings. The number of fused-ring (bicyclic) bond motifs is 1. The molecular formula is C13H16N4O. The van der Waals surface area contributed by atoms with E-state index in [1.807, 2.05) is 20.2 Å². The Labute approximate surface area is 105 Å². The Hall–Kier alpha value is -1.91. The number of hydrogen-bond acceptors (Lipinski definition) is 3. The van der Waals surface area contributed by atoms with Crippen LogP contribution in [-0.2, 0) is 19.9 Å². The zero-order valence-electron chi connectivity index (χ0n) is 10.7. The molecule has 2 heterocycles. The summed E-state index contributed by atoms with van der Waals surface area (Å²) >= 11 is 0. The first-order valence-corrected chi connectivity index (χ1v) is 6.28. The molecular weight excluding hydrogens is 228 g/mol. The normalized spacial score (nSPS) is 14.6. The van der Waals surface area contributed by atoms with Crippen LogP contribution in [-0.4, -0.2) is 19.7 Å². The summed E-state index contributed by atoms with van der Waals surface area (Å²) in [5, 5.41) is 4.28. The monoisotopic (exact) mass is 244 g/mol. The predicted molar refractivity (Wildman–Crippen MR) is 68.4 cm³/mol. The maximum absolute atomic E-state index is 12.1. The van der Waals surface area contributed by atoms with Crippen LogP contribution in [0.15, 0.2) is 11.0 Å². The average Bonchev–Trinajstić information content (AvgIpc) is 2.68. The van der Waals surface area contributed by atoms with Crippen molar-refractivity contribution in [3.63, 3.8) is 0 Å². The van der Waals surface area contributed by atoms with Gasteiger partial charge in [-0.05, 0) is 32.6 Å². The molecule has 0 saturated carbocycles. The van der Waals surface area contributed by atoms with Gasteiger partial charge < -0.3 is 4.98 Å². The molecule has 5 nitrogen and oxygen atoms in total. The summed E-state index contributed by atoms with van der Waals surface area (Å²) < 4.78 is 1.74. The molecule has 0 saturated heterocycles. The van der Waals surface area contributed by atoms with Crippen molar-refractivity contribution in [1.82, 2.24) is 19.7 Å². The lowest BCUT2D eigenvalue weighted by atomic mass is 9.97. The lowest BCUT2D eigenvalue weighted by Crippen LogP contribution is -2.21. The Kier molecular flexibility index (Phi) is 2.54. The van der Waals surface area contributed by atoms with E-state index in [9.17, 15) is 4.79 Å². The number of rotatable bonds is 1. The fourth-order valence-corrected chi connectivity index (χ4v) is 2.56. The molecule has 0 fully saturated rings. The van der Waals surface area contributed by atoms with E-state index in [0.717, 1.165) is 48.2 Å². The van der Waals surface area contributed by atoms with Gasteiger partial charge in [-0.15, -0.1) is 0 Å². The highest BCUT2D eigenvalue weighted by Crippen LogP contribution is 2.21. The second-order valence-corrected chi connectivity index (χ2v) is 4.85.